The van der Waals surface area contributed by atoms with Crippen LogP contribution in [0.2, 0.25) is 0 Å². The average Bonchev–Trinajstić information content (AvgIpc) is 2.70. The van der Waals surface area contributed by atoms with Crippen molar-refractivity contribution in [3.8, 4) is 6.07 Å². The third kappa shape index (κ3) is 7.68. The molecule has 0 radical (unpaired) electrons. The van der Waals surface area contributed by atoms with Crippen molar-refractivity contribution in [3.63, 3.8) is 0 Å². The van der Waals surface area contributed by atoms with Gasteiger partial charge in [-0.3, -0.25) is 10.1 Å². The van der Waals surface area contributed by atoms with Gasteiger partial charge in [-0.05, 0) is 50.6 Å². The number of benzene rings is 2. The van der Waals surface area contributed by atoms with Crippen molar-refractivity contribution in [2.45, 2.75) is 39.5 Å². The largest absolute Gasteiger partial charge is 0.444 e. The third-order valence-corrected chi connectivity index (χ3v) is 3.87. The van der Waals surface area contributed by atoms with E-state index in [2.05, 4.69) is 10.6 Å². The lowest BCUT2D eigenvalue weighted by atomic mass is 10.1. The number of halogens is 2. The quantitative estimate of drug-likeness (QED) is 0.690. The highest BCUT2D eigenvalue weighted by molar-refractivity contribution is 5.85. The van der Waals surface area contributed by atoms with Gasteiger partial charge in [0.2, 0.25) is 5.91 Å². The number of amides is 2. The zero-order chi connectivity index (χ0) is 23.0. The van der Waals surface area contributed by atoms with E-state index < -0.39 is 48.0 Å². The molecule has 0 aromatic heterocycles. The third-order valence-electron chi connectivity index (χ3n) is 3.87. The van der Waals surface area contributed by atoms with Crippen molar-refractivity contribution in [1.29, 1.82) is 5.26 Å². The number of hydrogen-bond donors (Lipinski definition) is 2. The Bertz CT molecular complexity index is 980. The molecule has 0 saturated carbocycles. The summed E-state index contributed by atoms with van der Waals surface area (Å²) in [6.45, 7) is 4.24. The van der Waals surface area contributed by atoms with E-state index in [1.54, 1.807) is 45.0 Å². The zero-order valence-corrected chi connectivity index (χ0v) is 17.4. The fraction of sp³-hybridized carbons (Fsp3) is 0.318. The van der Waals surface area contributed by atoms with Crippen LogP contribution in [0.4, 0.5) is 19.3 Å². The summed E-state index contributed by atoms with van der Waals surface area (Å²) in [5, 5.41) is 13.6. The molecule has 0 spiro atoms. The molecule has 9 heteroatoms. The molecule has 0 saturated heterocycles. The standard InChI is InChI=1S/C22H23F2N3O4/c1-22(2,3)31-21(29)27-18-9-8-17(23)16(20(18)24)12-30-13-19(28)26-11-15-6-4-14(10-25)5-7-15/h4-9H,11-13H2,1-3H3,(H,26,28)(H,27,29). The Morgan fingerprint density at radius 3 is 2.39 bits per heavy atom. The maximum Gasteiger partial charge on any atom is 0.412 e. The molecule has 0 bridgehead atoms. The first-order chi connectivity index (χ1) is 14.6. The second kappa shape index (κ2) is 10.5. The van der Waals surface area contributed by atoms with Crippen LogP contribution >= 0.6 is 0 Å². The van der Waals surface area contributed by atoms with E-state index in [1.165, 1.54) is 0 Å². The monoisotopic (exact) mass is 431 g/mol. The van der Waals surface area contributed by atoms with Crippen LogP contribution in [0, 0.1) is 23.0 Å². The Labute approximate surface area is 179 Å². The molecule has 7 nitrogen and oxygen atoms in total. The molecule has 2 aromatic carbocycles. The average molecular weight is 431 g/mol. The molecule has 0 atom stereocenters. The maximum atomic E-state index is 14.6. The van der Waals surface area contributed by atoms with Gasteiger partial charge in [-0.2, -0.15) is 5.26 Å². The van der Waals surface area contributed by atoms with Gasteiger partial charge in [0, 0.05) is 6.54 Å². The van der Waals surface area contributed by atoms with Crippen LogP contribution < -0.4 is 10.6 Å². The van der Waals surface area contributed by atoms with Crippen molar-refractivity contribution in [2.24, 2.45) is 0 Å². The smallest absolute Gasteiger partial charge is 0.412 e. The Balaban J connectivity index is 1.88. The minimum atomic E-state index is -1.01. The van der Waals surface area contributed by atoms with E-state index in [9.17, 15) is 18.4 Å². The van der Waals surface area contributed by atoms with Gasteiger partial charge in [-0.25, -0.2) is 13.6 Å². The first-order valence-corrected chi connectivity index (χ1v) is 9.39. The van der Waals surface area contributed by atoms with Crippen molar-refractivity contribution < 1.29 is 27.8 Å². The van der Waals surface area contributed by atoms with E-state index in [-0.39, 0.29) is 12.2 Å². The van der Waals surface area contributed by atoms with Crippen LogP contribution in [0.3, 0.4) is 0 Å². The summed E-state index contributed by atoms with van der Waals surface area (Å²) in [6.07, 6.45) is -0.882. The van der Waals surface area contributed by atoms with Crippen molar-refractivity contribution >= 4 is 17.7 Å². The molecule has 0 aliphatic carbocycles. The van der Waals surface area contributed by atoms with Crippen molar-refractivity contribution in [2.75, 3.05) is 11.9 Å². The maximum absolute atomic E-state index is 14.6. The number of anilines is 1. The van der Waals surface area contributed by atoms with Crippen LogP contribution in [0.25, 0.3) is 0 Å². The number of nitriles is 1. The number of carbonyl (C=O) groups is 2. The molecular weight excluding hydrogens is 408 g/mol. The summed E-state index contributed by atoms with van der Waals surface area (Å²) in [6, 6.07) is 10.7. The highest BCUT2D eigenvalue weighted by Crippen LogP contribution is 2.23. The zero-order valence-electron chi connectivity index (χ0n) is 17.4. The van der Waals surface area contributed by atoms with Crippen LogP contribution in [-0.2, 0) is 27.4 Å². The lowest BCUT2D eigenvalue weighted by Crippen LogP contribution is -2.28. The summed E-state index contributed by atoms with van der Waals surface area (Å²) in [7, 11) is 0. The number of hydrogen-bond acceptors (Lipinski definition) is 5. The number of ether oxygens (including phenoxy) is 2. The van der Waals surface area contributed by atoms with Crippen LogP contribution in [-0.4, -0.2) is 24.2 Å². The molecule has 31 heavy (non-hydrogen) atoms. The minimum Gasteiger partial charge on any atom is -0.444 e. The van der Waals surface area contributed by atoms with Gasteiger partial charge in [-0.1, -0.05) is 12.1 Å². The molecule has 2 N–H and O–H groups in total. The molecule has 2 amide bonds. The van der Waals surface area contributed by atoms with Crippen molar-refractivity contribution in [3.05, 3.63) is 64.7 Å². The molecule has 0 aliphatic rings. The molecule has 0 aliphatic heterocycles. The summed E-state index contributed by atoms with van der Waals surface area (Å²) in [4.78, 5) is 23.7. The number of nitrogens with zero attached hydrogens (tertiary/aromatic N) is 1. The van der Waals surface area contributed by atoms with Crippen LogP contribution in [0.5, 0.6) is 0 Å². The highest BCUT2D eigenvalue weighted by Gasteiger charge is 2.20. The first-order valence-electron chi connectivity index (χ1n) is 9.39. The van der Waals surface area contributed by atoms with Gasteiger partial charge in [0.15, 0.2) is 5.82 Å². The van der Waals surface area contributed by atoms with E-state index in [0.29, 0.717) is 5.56 Å². The van der Waals surface area contributed by atoms with E-state index in [0.717, 1.165) is 17.7 Å². The summed E-state index contributed by atoms with van der Waals surface area (Å²) < 4.78 is 38.8. The highest BCUT2D eigenvalue weighted by atomic mass is 19.1. The van der Waals surface area contributed by atoms with Crippen LogP contribution in [0.1, 0.15) is 37.5 Å². The fourth-order valence-electron chi connectivity index (χ4n) is 2.43. The van der Waals surface area contributed by atoms with Gasteiger partial charge in [0.25, 0.3) is 0 Å². The molecule has 2 rings (SSSR count). The van der Waals surface area contributed by atoms with Crippen LogP contribution in [0.15, 0.2) is 36.4 Å². The summed E-state index contributed by atoms with van der Waals surface area (Å²) >= 11 is 0. The Kier molecular flexibility index (Phi) is 8.05. The predicted octanol–water partition coefficient (Wildman–Crippen LogP) is 4.02. The molecule has 2 aromatic rings. The van der Waals surface area contributed by atoms with Gasteiger partial charge in [0.1, 0.15) is 18.0 Å². The van der Waals surface area contributed by atoms with E-state index >= 15 is 0 Å². The molecule has 164 valence electrons. The van der Waals surface area contributed by atoms with E-state index in [1.807, 2.05) is 6.07 Å². The lowest BCUT2D eigenvalue weighted by molar-refractivity contribution is -0.126. The number of carbonyl (C=O) groups excluding carboxylic acids is 2. The van der Waals surface area contributed by atoms with E-state index in [4.69, 9.17) is 14.7 Å². The minimum absolute atomic E-state index is 0.214. The van der Waals surface area contributed by atoms with Gasteiger partial charge < -0.3 is 14.8 Å². The van der Waals surface area contributed by atoms with Crippen molar-refractivity contribution in [1.82, 2.24) is 5.32 Å². The Morgan fingerprint density at radius 2 is 1.77 bits per heavy atom. The Hall–Kier alpha value is -3.51. The normalized spacial score (nSPS) is 10.8. The topological polar surface area (TPSA) is 100 Å². The van der Waals surface area contributed by atoms with Gasteiger partial charge >= 0.3 is 6.09 Å². The molecule has 0 unspecified atom stereocenters. The second-order valence-corrected chi connectivity index (χ2v) is 7.59. The first kappa shape index (κ1) is 23.8. The molecular formula is C22H23F2N3O4. The predicted molar refractivity (Wildman–Crippen MR) is 109 cm³/mol. The summed E-state index contributed by atoms with van der Waals surface area (Å²) in [5.41, 5.74) is -0.179. The molecule has 0 heterocycles. The fourth-order valence-corrected chi connectivity index (χ4v) is 2.43. The number of rotatable bonds is 7. The Morgan fingerprint density at radius 1 is 1.10 bits per heavy atom. The SMILES string of the molecule is CC(C)(C)OC(=O)Nc1ccc(F)c(COCC(=O)NCc2ccc(C#N)cc2)c1F. The second-order valence-electron chi connectivity index (χ2n) is 7.59. The lowest BCUT2D eigenvalue weighted by Gasteiger charge is -2.20. The summed E-state index contributed by atoms with van der Waals surface area (Å²) in [5.74, 6) is -2.36. The van der Waals surface area contributed by atoms with Gasteiger partial charge in [0.05, 0.1) is 29.5 Å². The van der Waals surface area contributed by atoms with Gasteiger partial charge in [-0.15, -0.1) is 0 Å². The number of nitrogens with one attached hydrogen (secondary N) is 2. The molecule has 0 fully saturated rings.